The van der Waals surface area contributed by atoms with Crippen LogP contribution < -0.4 is 0 Å². The average molecular weight is 162 g/mol. The lowest BCUT2D eigenvalue weighted by Crippen LogP contribution is -2.03. The minimum atomic E-state index is 0.168. The van der Waals surface area contributed by atoms with Gasteiger partial charge in [0, 0.05) is 0 Å². The number of hydrogen-bond acceptors (Lipinski definition) is 1. The van der Waals surface area contributed by atoms with Crippen molar-refractivity contribution in [2.45, 2.75) is 19.8 Å². The Morgan fingerprint density at radius 2 is 2.25 bits per heavy atom. The topological polar surface area (TPSA) is 17.1 Å². The highest BCUT2D eigenvalue weighted by Gasteiger charge is 2.33. The zero-order valence-electron chi connectivity index (χ0n) is 7.36. The predicted molar refractivity (Wildman–Crippen MR) is 48.7 cm³/mol. The SMILES string of the molecule is CC(=O)/C=C/[C@H]1C[C@H]2C=C[C@H]1C2. The number of carbonyl (C=O) groups is 1. The summed E-state index contributed by atoms with van der Waals surface area (Å²) in [5.74, 6) is 2.34. The molecule has 1 saturated carbocycles. The Bertz CT molecular complexity index is 250. The van der Waals surface area contributed by atoms with Gasteiger partial charge in [0.05, 0.1) is 0 Å². The van der Waals surface area contributed by atoms with Gasteiger partial charge in [0.25, 0.3) is 0 Å². The lowest BCUT2D eigenvalue weighted by molar-refractivity contribution is -0.112. The maximum Gasteiger partial charge on any atom is 0.152 e. The highest BCUT2D eigenvalue weighted by molar-refractivity contribution is 5.87. The number of carbonyl (C=O) groups excluding carboxylic acids is 1. The van der Waals surface area contributed by atoms with E-state index in [0.29, 0.717) is 5.92 Å². The molecule has 12 heavy (non-hydrogen) atoms. The third kappa shape index (κ3) is 1.36. The van der Waals surface area contributed by atoms with Crippen LogP contribution in [-0.2, 0) is 4.79 Å². The van der Waals surface area contributed by atoms with Crippen LogP contribution in [0.15, 0.2) is 24.3 Å². The van der Waals surface area contributed by atoms with Crippen molar-refractivity contribution in [3.63, 3.8) is 0 Å². The molecule has 1 heteroatoms. The zero-order chi connectivity index (χ0) is 8.55. The first-order valence-electron chi connectivity index (χ1n) is 4.63. The van der Waals surface area contributed by atoms with Crippen LogP contribution in [0.2, 0.25) is 0 Å². The van der Waals surface area contributed by atoms with E-state index in [1.54, 1.807) is 13.0 Å². The van der Waals surface area contributed by atoms with E-state index >= 15 is 0 Å². The zero-order valence-corrected chi connectivity index (χ0v) is 7.36. The molecule has 0 unspecified atom stereocenters. The van der Waals surface area contributed by atoms with Gasteiger partial charge in [0.2, 0.25) is 0 Å². The van der Waals surface area contributed by atoms with Crippen molar-refractivity contribution in [3.05, 3.63) is 24.3 Å². The normalized spacial score (nSPS) is 38.2. The summed E-state index contributed by atoms with van der Waals surface area (Å²) in [4.78, 5) is 10.7. The van der Waals surface area contributed by atoms with Crippen LogP contribution in [-0.4, -0.2) is 5.78 Å². The van der Waals surface area contributed by atoms with Crippen molar-refractivity contribution in [1.82, 2.24) is 0 Å². The lowest BCUT2D eigenvalue weighted by Gasteiger charge is -2.12. The molecular formula is C11H14O. The molecule has 0 aliphatic heterocycles. The summed E-state index contributed by atoms with van der Waals surface area (Å²) in [5, 5.41) is 0. The molecule has 3 atom stereocenters. The fraction of sp³-hybridized carbons (Fsp3) is 0.545. The van der Waals surface area contributed by atoms with Crippen LogP contribution in [0.1, 0.15) is 19.8 Å². The number of ketones is 1. The highest BCUT2D eigenvalue weighted by Crippen LogP contribution is 2.43. The molecule has 0 heterocycles. The summed E-state index contributed by atoms with van der Waals surface area (Å²) in [7, 11) is 0. The Labute approximate surface area is 73.2 Å². The summed E-state index contributed by atoms with van der Waals surface area (Å²) < 4.78 is 0. The van der Waals surface area contributed by atoms with Crippen LogP contribution in [0.25, 0.3) is 0 Å². The van der Waals surface area contributed by atoms with Crippen LogP contribution in [0, 0.1) is 17.8 Å². The van der Waals surface area contributed by atoms with Crippen LogP contribution in [0.4, 0.5) is 0 Å². The maximum absolute atomic E-state index is 10.7. The van der Waals surface area contributed by atoms with Gasteiger partial charge in [-0.1, -0.05) is 18.2 Å². The third-order valence-electron chi connectivity index (χ3n) is 2.91. The van der Waals surface area contributed by atoms with Gasteiger partial charge in [-0.3, -0.25) is 4.79 Å². The first-order chi connectivity index (χ1) is 5.75. The van der Waals surface area contributed by atoms with Crippen LogP contribution >= 0.6 is 0 Å². The van der Waals surface area contributed by atoms with Gasteiger partial charge < -0.3 is 0 Å². The summed E-state index contributed by atoms with van der Waals surface area (Å²) in [6, 6.07) is 0. The fourth-order valence-electron chi connectivity index (χ4n) is 2.30. The second kappa shape index (κ2) is 2.89. The molecule has 2 aliphatic carbocycles. The first kappa shape index (κ1) is 7.78. The second-order valence-corrected chi connectivity index (χ2v) is 3.91. The molecule has 1 fully saturated rings. The monoisotopic (exact) mass is 162 g/mol. The molecule has 0 spiro atoms. The van der Waals surface area contributed by atoms with Gasteiger partial charge in [0.1, 0.15) is 0 Å². The smallest absolute Gasteiger partial charge is 0.152 e. The van der Waals surface area contributed by atoms with Crippen LogP contribution in [0.5, 0.6) is 0 Å². The molecule has 0 N–H and O–H groups in total. The van der Waals surface area contributed by atoms with Crippen molar-refractivity contribution < 1.29 is 4.79 Å². The summed E-state index contributed by atoms with van der Waals surface area (Å²) in [6.07, 6.45) is 11.0. The highest BCUT2D eigenvalue weighted by atomic mass is 16.1. The van der Waals surface area contributed by atoms with Crippen molar-refractivity contribution in [2.24, 2.45) is 17.8 Å². The van der Waals surface area contributed by atoms with E-state index in [2.05, 4.69) is 18.2 Å². The molecule has 0 amide bonds. The number of hydrogen-bond donors (Lipinski definition) is 0. The Morgan fingerprint density at radius 1 is 1.42 bits per heavy atom. The first-order valence-corrected chi connectivity index (χ1v) is 4.63. The standard InChI is InChI=1S/C11H14O/c1-8(12)2-4-10-6-9-3-5-11(10)7-9/h2-5,9-11H,6-7H2,1H3/b4-2+/t9-,10+,11+/m1/s1. The van der Waals surface area contributed by atoms with Gasteiger partial charge in [-0.15, -0.1) is 0 Å². The summed E-state index contributed by atoms with van der Waals surface area (Å²) in [5.41, 5.74) is 0. The van der Waals surface area contributed by atoms with E-state index in [9.17, 15) is 4.79 Å². The number of allylic oxidation sites excluding steroid dienone is 4. The van der Waals surface area contributed by atoms with Gasteiger partial charge in [-0.25, -0.2) is 0 Å². The molecule has 64 valence electrons. The van der Waals surface area contributed by atoms with Crippen molar-refractivity contribution in [2.75, 3.05) is 0 Å². The summed E-state index contributed by atoms with van der Waals surface area (Å²) in [6.45, 7) is 1.61. The van der Waals surface area contributed by atoms with Crippen molar-refractivity contribution in [1.29, 1.82) is 0 Å². The number of rotatable bonds is 2. The van der Waals surface area contributed by atoms with Gasteiger partial charge >= 0.3 is 0 Å². The van der Waals surface area contributed by atoms with E-state index < -0.39 is 0 Å². The summed E-state index contributed by atoms with van der Waals surface area (Å²) >= 11 is 0. The van der Waals surface area contributed by atoms with E-state index in [1.165, 1.54) is 12.8 Å². The molecule has 0 aromatic rings. The molecule has 1 nitrogen and oxygen atoms in total. The molecule has 2 bridgehead atoms. The van der Waals surface area contributed by atoms with Crippen molar-refractivity contribution in [3.8, 4) is 0 Å². The molecule has 2 aliphatic rings. The quantitative estimate of drug-likeness (QED) is 0.450. The van der Waals surface area contributed by atoms with E-state index in [1.807, 2.05) is 0 Å². The third-order valence-corrected chi connectivity index (χ3v) is 2.91. The van der Waals surface area contributed by atoms with E-state index in [4.69, 9.17) is 0 Å². The molecular weight excluding hydrogens is 148 g/mol. The van der Waals surface area contributed by atoms with Crippen LogP contribution in [0.3, 0.4) is 0 Å². The molecule has 0 aromatic carbocycles. The lowest BCUT2D eigenvalue weighted by atomic mass is 9.93. The fourth-order valence-corrected chi connectivity index (χ4v) is 2.30. The van der Waals surface area contributed by atoms with Crippen molar-refractivity contribution >= 4 is 5.78 Å². The number of fused-ring (bicyclic) bond motifs is 2. The van der Waals surface area contributed by atoms with Gasteiger partial charge in [-0.2, -0.15) is 0 Å². The minimum absolute atomic E-state index is 0.168. The Morgan fingerprint density at radius 3 is 2.75 bits per heavy atom. The second-order valence-electron chi connectivity index (χ2n) is 3.91. The van der Waals surface area contributed by atoms with Gasteiger partial charge in [0.15, 0.2) is 5.78 Å². The minimum Gasteiger partial charge on any atom is -0.295 e. The molecule has 0 aromatic heterocycles. The van der Waals surface area contributed by atoms with Gasteiger partial charge in [-0.05, 0) is 43.6 Å². The Kier molecular flexibility index (Phi) is 1.87. The molecule has 0 saturated heterocycles. The predicted octanol–water partition coefficient (Wildman–Crippen LogP) is 2.34. The molecule has 0 radical (unpaired) electrons. The van der Waals surface area contributed by atoms with E-state index in [-0.39, 0.29) is 5.78 Å². The Balaban J connectivity index is 1.99. The van der Waals surface area contributed by atoms with E-state index in [0.717, 1.165) is 11.8 Å². The largest absolute Gasteiger partial charge is 0.295 e. The Hall–Kier alpha value is -0.850. The molecule has 2 rings (SSSR count). The maximum atomic E-state index is 10.7. The average Bonchev–Trinajstić information content (AvgIpc) is 2.60.